The third-order valence-electron chi connectivity index (χ3n) is 7.17. The van der Waals surface area contributed by atoms with Gasteiger partial charge in [0.2, 0.25) is 5.34 Å². The van der Waals surface area contributed by atoms with Crippen molar-refractivity contribution in [1.82, 2.24) is 20.4 Å². The molecule has 0 aromatic rings. The molecule has 2 rings (SSSR count). The predicted octanol–water partition coefficient (Wildman–Crippen LogP) is 5.75. The van der Waals surface area contributed by atoms with Gasteiger partial charge < -0.3 is 9.84 Å². The van der Waals surface area contributed by atoms with Gasteiger partial charge in [0.05, 0.1) is 6.10 Å². The summed E-state index contributed by atoms with van der Waals surface area (Å²) in [4.78, 5) is 0. The van der Waals surface area contributed by atoms with Crippen molar-refractivity contribution in [3.8, 4) is 0 Å². The first-order valence-corrected chi connectivity index (χ1v) is 17.6. The Morgan fingerprint density at radius 2 is 1.50 bits per heavy atom. The van der Waals surface area contributed by atoms with Crippen LogP contribution in [0.4, 0.5) is 0 Å². The summed E-state index contributed by atoms with van der Waals surface area (Å²) in [7, 11) is 4.04. The number of aliphatic hydroxyl groups is 1. The third-order valence-corrected chi connectivity index (χ3v) is 14.7. The molecular formula is C24H48N4O2P2S2+2. The zero-order valence-corrected chi connectivity index (χ0v) is 25.5. The van der Waals surface area contributed by atoms with Gasteiger partial charge in [-0.15, -0.1) is 0 Å². The number of hydrazine groups is 2. The van der Waals surface area contributed by atoms with E-state index in [0.717, 1.165) is 44.7 Å². The van der Waals surface area contributed by atoms with Crippen molar-refractivity contribution in [3.63, 3.8) is 0 Å². The lowest BCUT2D eigenvalue weighted by molar-refractivity contribution is -0.0301. The molecule has 0 aromatic heterocycles. The van der Waals surface area contributed by atoms with Crippen LogP contribution in [0.15, 0.2) is 12.2 Å². The maximum Gasteiger partial charge on any atom is 0.316 e. The zero-order chi connectivity index (χ0) is 25.4. The molecule has 0 bridgehead atoms. The van der Waals surface area contributed by atoms with E-state index < -0.39 is 19.0 Å². The van der Waals surface area contributed by atoms with Crippen LogP contribution in [-0.2, 0) is 28.4 Å². The Morgan fingerprint density at radius 1 is 0.912 bits per heavy atom. The Balaban J connectivity index is 1.88. The molecule has 0 heterocycles. The van der Waals surface area contributed by atoms with Gasteiger partial charge in [0.25, 0.3) is 5.34 Å². The van der Waals surface area contributed by atoms with Gasteiger partial charge in [0.1, 0.15) is 0 Å². The second kappa shape index (κ2) is 14.5. The van der Waals surface area contributed by atoms with Gasteiger partial charge in [-0.2, -0.15) is 0 Å². The molecule has 0 saturated heterocycles. The van der Waals surface area contributed by atoms with Gasteiger partial charge in [-0.05, 0) is 37.5 Å². The minimum Gasteiger partial charge on any atom is -0.349 e. The molecule has 10 heteroatoms. The molecule has 0 radical (unpaired) electrons. The maximum atomic E-state index is 10.2. The summed E-state index contributed by atoms with van der Waals surface area (Å²) in [5, 5.41) is 9.01. The average Bonchev–Trinajstić information content (AvgIpc) is 2.84. The van der Waals surface area contributed by atoms with Gasteiger partial charge >= 0.3 is 13.7 Å². The minimum absolute atomic E-state index is 0.112. The first kappa shape index (κ1) is 30.8. The topological polar surface area (TPSA) is 60.0 Å². The highest BCUT2D eigenvalue weighted by molar-refractivity contribution is 8.04. The van der Waals surface area contributed by atoms with Crippen LogP contribution in [0.1, 0.15) is 85.5 Å². The molecule has 2 unspecified atom stereocenters. The fraction of sp³-hybridized carbons (Fsp3) is 0.917. The van der Waals surface area contributed by atoms with E-state index in [9.17, 15) is 5.11 Å². The van der Waals surface area contributed by atoms with E-state index in [-0.39, 0.29) is 11.4 Å². The van der Waals surface area contributed by atoms with Gasteiger partial charge in [-0.25, -0.2) is 10.9 Å². The van der Waals surface area contributed by atoms with Crippen molar-refractivity contribution < 1.29 is 9.84 Å². The molecule has 34 heavy (non-hydrogen) atoms. The van der Waals surface area contributed by atoms with E-state index in [1.54, 1.807) is 13.8 Å². The summed E-state index contributed by atoms with van der Waals surface area (Å²) in [6.07, 6.45) is 15.3. The first-order chi connectivity index (χ1) is 16.0. The Hall–Kier alpha value is 0.540. The van der Waals surface area contributed by atoms with Crippen molar-refractivity contribution in [2.24, 2.45) is 11.8 Å². The highest BCUT2D eigenvalue weighted by Crippen LogP contribution is 2.48. The monoisotopic (exact) mass is 550 g/mol. The summed E-state index contributed by atoms with van der Waals surface area (Å²) < 4.78 is 10.9. The van der Waals surface area contributed by atoms with E-state index in [1.807, 2.05) is 11.8 Å². The van der Waals surface area contributed by atoms with Gasteiger partial charge in [-0.3, -0.25) is 0 Å². The molecule has 0 amide bonds. The van der Waals surface area contributed by atoms with Gasteiger partial charge in [-0.1, -0.05) is 54.8 Å². The highest BCUT2D eigenvalue weighted by Gasteiger charge is 2.48. The summed E-state index contributed by atoms with van der Waals surface area (Å²) in [6.45, 7) is 7.86. The maximum absolute atomic E-state index is 10.2. The molecule has 1 fully saturated rings. The summed E-state index contributed by atoms with van der Waals surface area (Å²) >= 11 is 11.6. The van der Waals surface area contributed by atoms with Crippen LogP contribution in [-0.4, -0.2) is 58.6 Å². The predicted molar refractivity (Wildman–Crippen MR) is 153 cm³/mol. The fourth-order valence-electron chi connectivity index (χ4n) is 4.80. The molecule has 4 atom stereocenters. The lowest BCUT2D eigenvalue weighted by Gasteiger charge is -2.32. The van der Waals surface area contributed by atoms with Crippen molar-refractivity contribution in [2.75, 3.05) is 27.2 Å². The first-order valence-electron chi connectivity index (χ1n) is 13.0. The Bertz CT molecular complexity index is 695. The number of nitrogens with zero attached hydrogens (tertiary/aromatic N) is 2. The lowest BCUT2D eigenvalue weighted by atomic mass is 9.89. The van der Waals surface area contributed by atoms with Crippen LogP contribution >= 0.6 is 13.7 Å². The van der Waals surface area contributed by atoms with Crippen molar-refractivity contribution >= 4 is 37.3 Å². The van der Waals surface area contributed by atoms with E-state index >= 15 is 0 Å². The van der Waals surface area contributed by atoms with E-state index in [4.69, 9.17) is 28.4 Å². The number of rotatable bonds is 14. The summed E-state index contributed by atoms with van der Waals surface area (Å²) in [5.41, 5.74) is 7.04. The normalized spacial score (nSPS) is 23.6. The molecule has 0 aliphatic heterocycles. The Morgan fingerprint density at radius 3 is 2.03 bits per heavy atom. The van der Waals surface area contributed by atoms with E-state index in [1.165, 1.54) is 32.1 Å². The number of hydrogen-bond acceptors (Lipinski definition) is 6. The van der Waals surface area contributed by atoms with Crippen LogP contribution in [0.2, 0.25) is 0 Å². The average molecular weight is 551 g/mol. The van der Waals surface area contributed by atoms with Crippen LogP contribution in [0.3, 0.4) is 0 Å². The van der Waals surface area contributed by atoms with Crippen LogP contribution in [0.25, 0.3) is 0 Å². The highest BCUT2D eigenvalue weighted by atomic mass is 32.4. The molecule has 2 aliphatic rings. The molecule has 3 N–H and O–H groups in total. The standard InChI is InChI=1S/C24H48N4O2P2S2/c1-7-24(8-2,32(34)28(6)26-18-20-12-10-9-11-13-20)30-22-16-14-21(15-17-22)19-25-27(5)31(33)23(3,4)29/h14,16,20-22,25-26,29H,7-13,15,17-19H2,1-6H3/q+2/t21-,22+/m0/s1. The smallest absolute Gasteiger partial charge is 0.316 e. The van der Waals surface area contributed by atoms with Crippen molar-refractivity contribution in [1.29, 1.82) is 0 Å². The van der Waals surface area contributed by atoms with E-state index in [2.05, 4.69) is 48.7 Å². The minimum atomic E-state index is -1.07. The molecule has 2 aliphatic carbocycles. The molecule has 196 valence electrons. The molecular weight excluding hydrogens is 502 g/mol. The SMILES string of the molecule is CCC(CC)(O[C@@H]1C=C[C@H](CNN(C)[P+](=S)C(C)(C)O)CC1)[P+](=S)N(C)NCC1CCCCC1. The second-order valence-corrected chi connectivity index (χ2v) is 16.6. The molecule has 6 nitrogen and oxygen atoms in total. The molecule has 0 aromatic carbocycles. The molecule has 0 spiro atoms. The fourth-order valence-corrected chi connectivity index (χ4v) is 8.52. The van der Waals surface area contributed by atoms with Crippen LogP contribution < -0.4 is 10.9 Å². The van der Waals surface area contributed by atoms with Gasteiger partial charge in [0.15, 0.2) is 23.6 Å². The molecule has 1 saturated carbocycles. The second-order valence-electron chi connectivity index (χ2n) is 10.3. The summed E-state index contributed by atoms with van der Waals surface area (Å²) in [5.74, 6) is 1.21. The Labute approximate surface area is 220 Å². The number of ether oxygens (including phenoxy) is 1. The Kier molecular flexibility index (Phi) is 13.1. The summed E-state index contributed by atoms with van der Waals surface area (Å²) in [6, 6.07) is 0. The lowest BCUT2D eigenvalue weighted by Crippen LogP contribution is -2.41. The van der Waals surface area contributed by atoms with Gasteiger partial charge in [0, 0.05) is 53.9 Å². The van der Waals surface area contributed by atoms with Crippen LogP contribution in [0, 0.1) is 11.8 Å². The quantitative estimate of drug-likeness (QED) is 0.144. The van der Waals surface area contributed by atoms with Crippen LogP contribution in [0.5, 0.6) is 0 Å². The van der Waals surface area contributed by atoms with Crippen molar-refractivity contribution in [3.05, 3.63) is 12.2 Å². The van der Waals surface area contributed by atoms with E-state index in [0.29, 0.717) is 5.92 Å². The third kappa shape index (κ3) is 9.13. The zero-order valence-electron chi connectivity index (χ0n) is 22.1. The van der Waals surface area contributed by atoms with Crippen molar-refractivity contribution in [2.45, 2.75) is 102 Å². The largest absolute Gasteiger partial charge is 0.349 e. The number of hydrogen-bond donors (Lipinski definition) is 3. The number of nitrogens with one attached hydrogen (secondary N) is 2.